The van der Waals surface area contributed by atoms with Gasteiger partial charge in [0.15, 0.2) is 5.78 Å². The van der Waals surface area contributed by atoms with Gasteiger partial charge in [-0.05, 0) is 86.5 Å². The zero-order valence-corrected chi connectivity index (χ0v) is 15.2. The molecular formula is C21H30O3. The number of carbonyl (C=O) groups excluding carboxylic acids is 2. The van der Waals surface area contributed by atoms with Crippen molar-refractivity contribution in [2.75, 3.05) is 0 Å². The molecule has 1 unspecified atom stereocenters. The first-order valence-corrected chi connectivity index (χ1v) is 9.71. The maximum atomic E-state index is 12.2. The number of fused-ring (bicyclic) bond motifs is 5. The van der Waals surface area contributed by atoms with Crippen LogP contribution in [0.3, 0.4) is 0 Å². The maximum Gasteiger partial charge on any atom is 0.184 e. The van der Waals surface area contributed by atoms with Crippen molar-refractivity contribution in [2.24, 2.45) is 34.5 Å². The van der Waals surface area contributed by atoms with Crippen molar-refractivity contribution in [3.8, 4) is 0 Å². The van der Waals surface area contributed by atoms with E-state index in [2.05, 4.69) is 13.8 Å². The van der Waals surface area contributed by atoms with Crippen LogP contribution in [0.1, 0.15) is 65.7 Å². The zero-order chi connectivity index (χ0) is 17.3. The molecule has 3 fully saturated rings. The van der Waals surface area contributed by atoms with E-state index in [0.29, 0.717) is 30.0 Å². The quantitative estimate of drug-likeness (QED) is 0.797. The van der Waals surface area contributed by atoms with E-state index in [0.717, 1.165) is 32.1 Å². The Balaban J connectivity index is 1.68. The van der Waals surface area contributed by atoms with Crippen LogP contribution in [0.5, 0.6) is 0 Å². The highest BCUT2D eigenvalue weighted by molar-refractivity contribution is 5.95. The van der Waals surface area contributed by atoms with E-state index < -0.39 is 6.10 Å². The van der Waals surface area contributed by atoms with Gasteiger partial charge in [-0.2, -0.15) is 0 Å². The molecule has 132 valence electrons. The second-order valence-electron chi connectivity index (χ2n) is 9.41. The summed E-state index contributed by atoms with van der Waals surface area (Å²) in [7, 11) is 0. The van der Waals surface area contributed by atoms with Crippen LogP contribution in [-0.4, -0.2) is 22.8 Å². The molecule has 1 N–H and O–H groups in total. The molecule has 0 amide bonds. The van der Waals surface area contributed by atoms with Crippen molar-refractivity contribution in [2.45, 2.75) is 71.8 Å². The number of ketones is 2. The van der Waals surface area contributed by atoms with Gasteiger partial charge in [-0.15, -0.1) is 0 Å². The second-order valence-corrected chi connectivity index (χ2v) is 9.41. The number of Topliss-reactive ketones (excluding diaryl/α,β-unsaturated/α-hetero) is 1. The van der Waals surface area contributed by atoms with Crippen LogP contribution in [0.15, 0.2) is 11.6 Å². The largest absolute Gasteiger partial charge is 0.385 e. The summed E-state index contributed by atoms with van der Waals surface area (Å²) in [5, 5.41) is 10.2. The van der Waals surface area contributed by atoms with Crippen molar-refractivity contribution in [1.29, 1.82) is 0 Å². The van der Waals surface area contributed by atoms with E-state index in [-0.39, 0.29) is 22.5 Å². The molecule has 0 heterocycles. The lowest BCUT2D eigenvalue weighted by molar-refractivity contribution is -0.132. The molecule has 4 rings (SSSR count). The van der Waals surface area contributed by atoms with Gasteiger partial charge in [0.25, 0.3) is 0 Å². The van der Waals surface area contributed by atoms with Gasteiger partial charge >= 0.3 is 0 Å². The molecule has 0 saturated heterocycles. The lowest BCUT2D eigenvalue weighted by Gasteiger charge is -2.58. The molecule has 24 heavy (non-hydrogen) atoms. The fourth-order valence-electron chi connectivity index (χ4n) is 7.28. The van der Waals surface area contributed by atoms with Gasteiger partial charge in [-0.3, -0.25) is 9.59 Å². The summed E-state index contributed by atoms with van der Waals surface area (Å²) in [5.41, 5.74) is 1.43. The van der Waals surface area contributed by atoms with Gasteiger partial charge in [0, 0.05) is 5.92 Å². The molecule has 0 radical (unpaired) electrons. The molecule has 0 bridgehead atoms. The van der Waals surface area contributed by atoms with Crippen LogP contribution < -0.4 is 0 Å². The van der Waals surface area contributed by atoms with E-state index in [9.17, 15) is 14.7 Å². The van der Waals surface area contributed by atoms with E-state index in [4.69, 9.17) is 0 Å². The maximum absolute atomic E-state index is 12.2. The summed E-state index contributed by atoms with van der Waals surface area (Å²) in [6, 6.07) is 0. The topological polar surface area (TPSA) is 54.4 Å². The monoisotopic (exact) mass is 330 g/mol. The summed E-state index contributed by atoms with van der Waals surface area (Å²) in [5.74, 6) is 2.36. The Hall–Kier alpha value is -0.960. The molecule has 7 atom stereocenters. The van der Waals surface area contributed by atoms with Crippen LogP contribution in [0, 0.1) is 34.5 Å². The summed E-state index contributed by atoms with van der Waals surface area (Å²) < 4.78 is 0. The highest BCUT2D eigenvalue weighted by atomic mass is 16.3. The van der Waals surface area contributed by atoms with E-state index >= 15 is 0 Å². The normalized spacial score (nSPS) is 50.6. The second kappa shape index (κ2) is 5.27. The lowest BCUT2D eigenvalue weighted by Crippen LogP contribution is -2.52. The highest BCUT2D eigenvalue weighted by Crippen LogP contribution is 2.66. The molecule has 0 aromatic carbocycles. The lowest BCUT2D eigenvalue weighted by atomic mass is 9.46. The molecule has 0 aromatic rings. The fraction of sp³-hybridized carbons (Fsp3) is 0.810. The van der Waals surface area contributed by atoms with Crippen LogP contribution in [0.25, 0.3) is 0 Å². The Kier molecular flexibility index (Phi) is 3.62. The minimum Gasteiger partial charge on any atom is -0.385 e. The van der Waals surface area contributed by atoms with Crippen molar-refractivity contribution < 1.29 is 14.7 Å². The zero-order valence-electron chi connectivity index (χ0n) is 15.2. The summed E-state index contributed by atoms with van der Waals surface area (Å²) in [4.78, 5) is 24.1. The number of hydrogen-bond acceptors (Lipinski definition) is 3. The minimum absolute atomic E-state index is 0.0219. The SMILES string of the molecule is CC(=O)[C@H]1CC[C@H]2[C@@H]3CCC4=CC(=O)C(O)C[C@]4(C)[C@H]3CC[C@]12C. The Labute approximate surface area is 144 Å². The first kappa shape index (κ1) is 16.5. The number of hydrogen-bond donors (Lipinski definition) is 1. The number of carbonyl (C=O) groups is 2. The van der Waals surface area contributed by atoms with Gasteiger partial charge in [-0.25, -0.2) is 0 Å². The van der Waals surface area contributed by atoms with Gasteiger partial charge in [0.1, 0.15) is 11.9 Å². The third-order valence-corrected chi connectivity index (χ3v) is 8.49. The van der Waals surface area contributed by atoms with E-state index in [1.165, 1.54) is 12.0 Å². The summed E-state index contributed by atoms with van der Waals surface area (Å²) in [6.07, 6.45) is 8.17. The number of allylic oxidation sites excluding steroid dienone is 1. The van der Waals surface area contributed by atoms with E-state index in [1.807, 2.05) is 0 Å². The molecule has 4 aliphatic carbocycles. The van der Waals surface area contributed by atoms with Crippen LogP contribution in [0.2, 0.25) is 0 Å². The predicted octanol–water partition coefficient (Wildman–Crippen LogP) is 3.69. The van der Waals surface area contributed by atoms with Crippen molar-refractivity contribution in [1.82, 2.24) is 0 Å². The predicted molar refractivity (Wildman–Crippen MR) is 92.3 cm³/mol. The molecule has 4 aliphatic rings. The molecule has 0 aromatic heterocycles. The van der Waals surface area contributed by atoms with Crippen molar-refractivity contribution >= 4 is 11.6 Å². The van der Waals surface area contributed by atoms with Gasteiger partial charge in [0.05, 0.1) is 0 Å². The third kappa shape index (κ3) is 2.06. The van der Waals surface area contributed by atoms with Gasteiger partial charge < -0.3 is 5.11 Å². The molecule has 3 heteroatoms. The molecule has 3 nitrogen and oxygen atoms in total. The third-order valence-electron chi connectivity index (χ3n) is 8.49. The molecule has 3 saturated carbocycles. The highest BCUT2D eigenvalue weighted by Gasteiger charge is 2.60. The Morgan fingerprint density at radius 1 is 1.17 bits per heavy atom. The first-order chi connectivity index (χ1) is 11.3. The summed E-state index contributed by atoms with van der Waals surface area (Å²) >= 11 is 0. The van der Waals surface area contributed by atoms with Crippen LogP contribution in [0.4, 0.5) is 0 Å². The first-order valence-electron chi connectivity index (χ1n) is 9.71. The number of rotatable bonds is 1. The van der Waals surface area contributed by atoms with Gasteiger partial charge in [0.2, 0.25) is 0 Å². The van der Waals surface area contributed by atoms with E-state index in [1.54, 1.807) is 13.0 Å². The fourth-order valence-corrected chi connectivity index (χ4v) is 7.28. The van der Waals surface area contributed by atoms with Crippen molar-refractivity contribution in [3.05, 3.63) is 11.6 Å². The average Bonchev–Trinajstić information content (AvgIpc) is 2.86. The smallest absolute Gasteiger partial charge is 0.184 e. The Morgan fingerprint density at radius 3 is 2.62 bits per heavy atom. The summed E-state index contributed by atoms with van der Waals surface area (Å²) in [6.45, 7) is 6.42. The van der Waals surface area contributed by atoms with Gasteiger partial charge in [-0.1, -0.05) is 19.4 Å². The molecular weight excluding hydrogens is 300 g/mol. The van der Waals surface area contributed by atoms with Crippen LogP contribution in [-0.2, 0) is 9.59 Å². The molecule has 0 spiro atoms. The number of aliphatic hydroxyl groups excluding tert-OH is 1. The average molecular weight is 330 g/mol. The standard InChI is InChI=1S/C21H30O3/c1-12(22)15-6-7-16-14-5-4-13-10-18(23)19(24)11-21(13,3)17(14)8-9-20(15,16)2/h10,14-17,19,24H,4-9,11H2,1-3H3/t14-,15+,16-,17-,19?,20+,21-/m0/s1. The van der Waals surface area contributed by atoms with Crippen LogP contribution >= 0.6 is 0 Å². The Morgan fingerprint density at radius 2 is 1.92 bits per heavy atom. The molecule has 0 aliphatic heterocycles. The van der Waals surface area contributed by atoms with Crippen molar-refractivity contribution in [3.63, 3.8) is 0 Å². The Bertz CT molecular complexity index is 621. The minimum atomic E-state index is -0.820. The number of aliphatic hydroxyl groups is 1.